The van der Waals surface area contributed by atoms with Crippen molar-refractivity contribution < 1.29 is 13.6 Å². The smallest absolute Gasteiger partial charge is 0.251 e. The van der Waals surface area contributed by atoms with Gasteiger partial charge in [-0.3, -0.25) is 12.8 Å². The number of piperazine rings is 1. The lowest BCUT2D eigenvalue weighted by atomic mass is 10.3. The van der Waals surface area contributed by atoms with Crippen molar-refractivity contribution in [3.63, 3.8) is 0 Å². The summed E-state index contributed by atoms with van der Waals surface area (Å²) in [6, 6.07) is 0. The van der Waals surface area contributed by atoms with Gasteiger partial charge in [0, 0.05) is 13.1 Å². The molecule has 6 heteroatoms. The van der Waals surface area contributed by atoms with Gasteiger partial charge in [-0.05, 0) is 0 Å². The van der Waals surface area contributed by atoms with Crippen LogP contribution in [0.3, 0.4) is 0 Å². The first-order chi connectivity index (χ1) is 5.59. The van der Waals surface area contributed by atoms with Gasteiger partial charge in [0.15, 0.2) is 0 Å². The third kappa shape index (κ3) is 2.81. The van der Waals surface area contributed by atoms with E-state index in [4.69, 9.17) is 0 Å². The average Bonchev–Trinajstić information content (AvgIpc) is 1.96. The van der Waals surface area contributed by atoms with E-state index in [-0.39, 0.29) is 19.0 Å². The number of hydrogen-bond acceptors (Lipinski definition) is 2. The van der Waals surface area contributed by atoms with Gasteiger partial charge in [0.1, 0.15) is 0 Å². The van der Waals surface area contributed by atoms with E-state index in [9.17, 15) is 13.6 Å². The summed E-state index contributed by atoms with van der Waals surface area (Å²) < 4.78 is 25.3. The van der Waals surface area contributed by atoms with Gasteiger partial charge in [-0.25, -0.2) is 8.78 Å². The van der Waals surface area contributed by atoms with E-state index in [1.54, 1.807) is 0 Å². The SMILES string of the molecule is O=C1CN(CC(F)F)CCN1I. The zero-order valence-electron chi connectivity index (χ0n) is 6.34. The third-order valence-corrected chi connectivity index (χ3v) is 2.66. The Bertz CT molecular complexity index is 179. The van der Waals surface area contributed by atoms with E-state index in [0.717, 1.165) is 0 Å². The number of amides is 1. The first-order valence-electron chi connectivity index (χ1n) is 3.56. The van der Waals surface area contributed by atoms with Crippen LogP contribution in [0, 0.1) is 0 Å². The Morgan fingerprint density at radius 2 is 2.17 bits per heavy atom. The Morgan fingerprint density at radius 3 is 2.67 bits per heavy atom. The summed E-state index contributed by atoms with van der Waals surface area (Å²) in [5, 5.41) is 0. The molecule has 0 aromatic carbocycles. The number of rotatable bonds is 2. The molecule has 1 fully saturated rings. The molecule has 0 radical (unpaired) electrons. The fourth-order valence-corrected chi connectivity index (χ4v) is 1.42. The van der Waals surface area contributed by atoms with Crippen LogP contribution in [0.15, 0.2) is 0 Å². The molecule has 0 spiro atoms. The molecule has 0 aliphatic carbocycles. The second-order valence-electron chi connectivity index (χ2n) is 2.61. The van der Waals surface area contributed by atoms with Crippen LogP contribution in [0.25, 0.3) is 0 Å². The largest absolute Gasteiger partial charge is 0.287 e. The van der Waals surface area contributed by atoms with E-state index < -0.39 is 6.43 Å². The van der Waals surface area contributed by atoms with Crippen molar-refractivity contribution in [2.24, 2.45) is 0 Å². The van der Waals surface area contributed by atoms with Crippen LogP contribution < -0.4 is 0 Å². The van der Waals surface area contributed by atoms with Crippen LogP contribution in [0.1, 0.15) is 0 Å². The fraction of sp³-hybridized carbons (Fsp3) is 0.833. The normalized spacial score (nSPS) is 20.7. The molecule has 0 N–H and O–H groups in total. The molecular formula is C6H9F2IN2O. The fourth-order valence-electron chi connectivity index (χ4n) is 1.05. The average molecular weight is 290 g/mol. The monoisotopic (exact) mass is 290 g/mol. The van der Waals surface area contributed by atoms with Crippen molar-refractivity contribution in [1.82, 2.24) is 8.01 Å². The van der Waals surface area contributed by atoms with Crippen LogP contribution in [-0.4, -0.2) is 46.5 Å². The topological polar surface area (TPSA) is 23.6 Å². The lowest BCUT2D eigenvalue weighted by Gasteiger charge is -2.29. The molecule has 1 rings (SSSR count). The van der Waals surface area contributed by atoms with E-state index in [1.807, 2.05) is 22.9 Å². The zero-order valence-corrected chi connectivity index (χ0v) is 8.50. The Morgan fingerprint density at radius 1 is 1.50 bits per heavy atom. The van der Waals surface area contributed by atoms with Crippen LogP contribution in [0.5, 0.6) is 0 Å². The minimum absolute atomic E-state index is 0.0949. The lowest BCUT2D eigenvalue weighted by molar-refractivity contribution is -0.129. The van der Waals surface area contributed by atoms with Crippen molar-refractivity contribution >= 4 is 28.8 Å². The minimum Gasteiger partial charge on any atom is -0.287 e. The molecule has 0 unspecified atom stereocenters. The summed E-state index contributed by atoms with van der Waals surface area (Å²) in [7, 11) is 0. The molecule has 0 aromatic rings. The minimum atomic E-state index is -2.35. The van der Waals surface area contributed by atoms with E-state index in [1.165, 1.54) is 8.01 Å². The number of carbonyl (C=O) groups is 1. The Balaban J connectivity index is 2.35. The van der Waals surface area contributed by atoms with Crippen molar-refractivity contribution in [1.29, 1.82) is 0 Å². The van der Waals surface area contributed by atoms with Gasteiger partial charge in [-0.1, -0.05) is 0 Å². The van der Waals surface area contributed by atoms with Crippen LogP contribution in [-0.2, 0) is 4.79 Å². The summed E-state index contributed by atoms with van der Waals surface area (Å²) in [5.74, 6) is -0.0949. The molecule has 1 amide bonds. The van der Waals surface area contributed by atoms with Gasteiger partial charge in [-0.15, -0.1) is 0 Å². The van der Waals surface area contributed by atoms with Crippen LogP contribution in [0.4, 0.5) is 8.78 Å². The lowest BCUT2D eigenvalue weighted by Crippen LogP contribution is -2.47. The number of carbonyl (C=O) groups excluding carboxylic acids is 1. The van der Waals surface area contributed by atoms with Gasteiger partial charge >= 0.3 is 0 Å². The summed E-state index contributed by atoms with van der Waals surface area (Å²) in [5.41, 5.74) is 0. The molecule has 0 aromatic heterocycles. The highest BCUT2D eigenvalue weighted by Crippen LogP contribution is 2.09. The first-order valence-corrected chi connectivity index (χ1v) is 4.52. The second-order valence-corrected chi connectivity index (χ2v) is 3.77. The predicted molar refractivity (Wildman–Crippen MR) is 48.2 cm³/mol. The third-order valence-electron chi connectivity index (χ3n) is 1.64. The summed E-state index contributed by atoms with van der Waals surface area (Å²) in [6.45, 7) is 0.897. The Hall–Kier alpha value is 0.0200. The van der Waals surface area contributed by atoms with Crippen LogP contribution >= 0.6 is 22.9 Å². The molecule has 0 atom stereocenters. The number of alkyl halides is 2. The zero-order chi connectivity index (χ0) is 9.14. The highest BCUT2D eigenvalue weighted by molar-refractivity contribution is 14.1. The number of nitrogens with zero attached hydrogens (tertiary/aromatic N) is 2. The maximum absolute atomic E-state index is 11.9. The van der Waals surface area contributed by atoms with Gasteiger partial charge < -0.3 is 0 Å². The highest BCUT2D eigenvalue weighted by atomic mass is 127. The standard InChI is InChI=1S/C6H9F2IN2O/c7-5(8)3-10-1-2-11(9)6(12)4-10/h5H,1-4H2. The highest BCUT2D eigenvalue weighted by Gasteiger charge is 2.23. The molecule has 1 aliphatic heterocycles. The van der Waals surface area contributed by atoms with Crippen molar-refractivity contribution in [2.75, 3.05) is 26.2 Å². The first kappa shape index (κ1) is 10.1. The molecule has 1 aliphatic rings. The Kier molecular flexibility index (Phi) is 3.63. The summed E-state index contributed by atoms with van der Waals surface area (Å²) in [4.78, 5) is 12.5. The Labute approximate surface area is 83.2 Å². The number of halogens is 3. The van der Waals surface area contributed by atoms with Gasteiger partial charge in [-0.2, -0.15) is 0 Å². The molecule has 0 bridgehead atoms. The van der Waals surface area contributed by atoms with Gasteiger partial charge in [0.25, 0.3) is 6.43 Å². The summed E-state index contributed by atoms with van der Waals surface area (Å²) >= 11 is 1.90. The predicted octanol–water partition coefficient (Wildman–Crippen LogP) is 0.746. The molecule has 3 nitrogen and oxygen atoms in total. The molecule has 1 saturated heterocycles. The van der Waals surface area contributed by atoms with Gasteiger partial charge in [0.05, 0.1) is 36.0 Å². The maximum Gasteiger partial charge on any atom is 0.251 e. The van der Waals surface area contributed by atoms with E-state index in [0.29, 0.717) is 13.1 Å². The molecule has 70 valence electrons. The van der Waals surface area contributed by atoms with Gasteiger partial charge in [0.2, 0.25) is 5.91 Å². The molecule has 1 heterocycles. The van der Waals surface area contributed by atoms with E-state index >= 15 is 0 Å². The van der Waals surface area contributed by atoms with Crippen molar-refractivity contribution in [3.05, 3.63) is 0 Å². The molecule has 12 heavy (non-hydrogen) atoms. The molecule has 0 saturated carbocycles. The number of hydrogen-bond donors (Lipinski definition) is 0. The van der Waals surface area contributed by atoms with Crippen molar-refractivity contribution in [3.8, 4) is 0 Å². The quantitative estimate of drug-likeness (QED) is 0.553. The van der Waals surface area contributed by atoms with Crippen molar-refractivity contribution in [2.45, 2.75) is 6.43 Å². The van der Waals surface area contributed by atoms with E-state index in [2.05, 4.69) is 0 Å². The maximum atomic E-state index is 11.9. The van der Waals surface area contributed by atoms with Crippen LogP contribution in [0.2, 0.25) is 0 Å². The molecular weight excluding hydrogens is 281 g/mol. The second kappa shape index (κ2) is 4.31. The summed E-state index contributed by atoms with van der Waals surface area (Å²) in [6.07, 6.45) is -2.35.